The molecule has 0 fully saturated rings. The second kappa shape index (κ2) is 8.92. The molecule has 32 heavy (non-hydrogen) atoms. The van der Waals surface area contributed by atoms with E-state index < -0.39 is 24.1 Å². The second-order valence-corrected chi connectivity index (χ2v) is 8.54. The Hall–Kier alpha value is -2.29. The lowest BCUT2D eigenvalue weighted by molar-refractivity contribution is -0.275. The Morgan fingerprint density at radius 3 is 2.25 bits per heavy atom. The quantitative estimate of drug-likeness (QED) is 0.486. The van der Waals surface area contributed by atoms with Gasteiger partial charge in [0.2, 0.25) is 5.91 Å². The molecular weight excluding hydrogens is 492 g/mol. The van der Waals surface area contributed by atoms with E-state index in [2.05, 4.69) is 5.16 Å². The third-order valence-corrected chi connectivity index (χ3v) is 5.60. The molecule has 5 nitrogen and oxygen atoms in total. The molecule has 0 saturated carbocycles. The highest BCUT2D eigenvalue weighted by atomic mass is 35.5. The summed E-state index contributed by atoms with van der Waals surface area (Å²) in [6.45, 7) is 2.31. The maximum atomic E-state index is 14.2. The number of carbonyl (C=O) groups is 2. The topological polar surface area (TPSA) is 59.0 Å². The minimum absolute atomic E-state index is 0.0169. The monoisotopic (exact) mass is 506 g/mol. The molecule has 1 aliphatic heterocycles. The van der Waals surface area contributed by atoms with E-state index in [0.717, 1.165) is 17.0 Å². The summed E-state index contributed by atoms with van der Waals surface area (Å²) in [6, 6.07) is 7.82. The number of halogens is 6. The summed E-state index contributed by atoms with van der Waals surface area (Å²) < 4.78 is 42.5. The maximum Gasteiger partial charge on any atom is 0.435 e. The van der Waals surface area contributed by atoms with Crippen molar-refractivity contribution in [2.75, 3.05) is 11.4 Å². The van der Waals surface area contributed by atoms with E-state index in [9.17, 15) is 22.8 Å². The van der Waals surface area contributed by atoms with Crippen molar-refractivity contribution in [1.82, 2.24) is 0 Å². The number of rotatable bonds is 5. The van der Waals surface area contributed by atoms with Crippen molar-refractivity contribution in [1.29, 1.82) is 0 Å². The highest BCUT2D eigenvalue weighted by molar-refractivity contribution is 6.35. The first kappa shape index (κ1) is 24.4. The first-order valence-corrected chi connectivity index (χ1v) is 10.3. The molecule has 1 atom stereocenters. The van der Waals surface area contributed by atoms with Crippen LogP contribution < -0.4 is 4.90 Å². The van der Waals surface area contributed by atoms with E-state index in [4.69, 9.17) is 39.6 Å². The number of nitrogens with zero attached hydrogens (tertiary/aromatic N) is 2. The molecule has 1 unspecified atom stereocenters. The maximum absolute atomic E-state index is 14.2. The molecule has 0 bridgehead atoms. The van der Waals surface area contributed by atoms with Crippen LogP contribution in [0.5, 0.6) is 0 Å². The van der Waals surface area contributed by atoms with Gasteiger partial charge >= 0.3 is 6.18 Å². The Balaban J connectivity index is 2.03. The van der Waals surface area contributed by atoms with Crippen molar-refractivity contribution >= 4 is 57.9 Å². The molecule has 0 radical (unpaired) electrons. The normalized spacial score (nSPS) is 18.2. The van der Waals surface area contributed by atoms with Gasteiger partial charge in [0.1, 0.15) is 5.78 Å². The minimum Gasteiger partial charge on any atom is -0.374 e. The summed E-state index contributed by atoms with van der Waals surface area (Å²) in [6.07, 6.45) is -5.51. The molecule has 3 rings (SSSR count). The number of ketones is 1. The first-order valence-electron chi connectivity index (χ1n) is 9.20. The molecule has 0 N–H and O–H groups in total. The summed E-state index contributed by atoms with van der Waals surface area (Å²) in [5, 5.41) is 3.88. The number of carbonyl (C=O) groups excluding carboxylic acids is 2. The number of anilines is 1. The number of benzene rings is 2. The third kappa shape index (κ3) is 4.72. The van der Waals surface area contributed by atoms with Gasteiger partial charge in [-0.1, -0.05) is 46.0 Å². The Morgan fingerprint density at radius 1 is 1.09 bits per heavy atom. The lowest BCUT2D eigenvalue weighted by Gasteiger charge is -2.29. The SMILES string of the molecule is CC(=O)CN(C(C)=O)c1cc(C2=NOC(c3cc(Cl)cc(Cl)c3)(C(F)(F)F)C2)ccc1Cl. The highest BCUT2D eigenvalue weighted by Crippen LogP contribution is 2.50. The van der Waals surface area contributed by atoms with E-state index in [-0.39, 0.29) is 49.9 Å². The minimum atomic E-state index is -4.85. The lowest BCUT2D eigenvalue weighted by atomic mass is 9.86. The predicted octanol–water partition coefficient (Wildman–Crippen LogP) is 6.17. The van der Waals surface area contributed by atoms with Crippen LogP contribution in [0.2, 0.25) is 15.1 Å². The van der Waals surface area contributed by atoms with Gasteiger partial charge in [0, 0.05) is 34.5 Å². The average molecular weight is 508 g/mol. The molecule has 0 aliphatic carbocycles. The Kier molecular flexibility index (Phi) is 6.79. The van der Waals surface area contributed by atoms with Crippen molar-refractivity contribution in [3.8, 4) is 0 Å². The van der Waals surface area contributed by atoms with Crippen LogP contribution in [0, 0.1) is 0 Å². The summed E-state index contributed by atoms with van der Waals surface area (Å²) >= 11 is 18.0. The largest absolute Gasteiger partial charge is 0.435 e. The van der Waals surface area contributed by atoms with Crippen LogP contribution in [-0.4, -0.2) is 30.1 Å². The molecular formula is C21H16Cl3F3N2O3. The van der Waals surface area contributed by atoms with Crippen LogP contribution in [0.15, 0.2) is 41.6 Å². The summed E-state index contributed by atoms with van der Waals surface area (Å²) in [4.78, 5) is 29.7. The van der Waals surface area contributed by atoms with Gasteiger partial charge in [-0.3, -0.25) is 9.59 Å². The zero-order chi connectivity index (χ0) is 23.8. The molecule has 11 heteroatoms. The average Bonchev–Trinajstić information content (AvgIpc) is 3.12. The van der Waals surface area contributed by atoms with Crippen molar-refractivity contribution in [3.05, 3.63) is 62.6 Å². The van der Waals surface area contributed by atoms with Gasteiger partial charge in [-0.25, -0.2) is 0 Å². The fourth-order valence-corrected chi connectivity index (χ4v) is 4.08. The molecule has 1 heterocycles. The summed E-state index contributed by atoms with van der Waals surface area (Å²) in [5.74, 6) is -0.751. The van der Waals surface area contributed by atoms with Crippen LogP contribution in [0.25, 0.3) is 0 Å². The standard InChI is InChI=1S/C21H16Cl3F3N2O3/c1-11(30)10-29(12(2)31)19-5-13(3-4-17(19)24)18-9-20(32-28-18,21(25,26)27)14-6-15(22)8-16(23)7-14/h3-8H,9-10H2,1-2H3. The molecule has 0 spiro atoms. The number of alkyl halides is 3. The molecule has 2 aromatic rings. The zero-order valence-corrected chi connectivity index (χ0v) is 19.0. The number of oxime groups is 1. The van der Waals surface area contributed by atoms with E-state index >= 15 is 0 Å². The van der Waals surface area contributed by atoms with Crippen LogP contribution >= 0.6 is 34.8 Å². The van der Waals surface area contributed by atoms with Gasteiger partial charge in [0.15, 0.2) is 0 Å². The molecule has 1 amide bonds. The van der Waals surface area contributed by atoms with Crippen molar-refractivity contribution in [2.24, 2.45) is 5.16 Å². The Morgan fingerprint density at radius 2 is 1.72 bits per heavy atom. The first-order chi connectivity index (χ1) is 14.8. The third-order valence-electron chi connectivity index (χ3n) is 4.85. The lowest BCUT2D eigenvalue weighted by Crippen LogP contribution is -2.42. The number of hydrogen-bond acceptors (Lipinski definition) is 4. The van der Waals surface area contributed by atoms with E-state index in [0.29, 0.717) is 0 Å². The number of amides is 1. The molecule has 0 saturated heterocycles. The van der Waals surface area contributed by atoms with Gasteiger partial charge in [-0.2, -0.15) is 13.2 Å². The Bertz CT molecular complexity index is 1100. The van der Waals surface area contributed by atoms with Crippen LogP contribution in [0.3, 0.4) is 0 Å². The van der Waals surface area contributed by atoms with E-state index in [1.54, 1.807) is 0 Å². The van der Waals surface area contributed by atoms with Gasteiger partial charge in [-0.05, 0) is 37.3 Å². The molecule has 0 aromatic heterocycles. The fourth-order valence-electron chi connectivity index (χ4n) is 3.33. The van der Waals surface area contributed by atoms with Gasteiger partial charge in [0.25, 0.3) is 5.60 Å². The van der Waals surface area contributed by atoms with Gasteiger partial charge in [-0.15, -0.1) is 0 Å². The second-order valence-electron chi connectivity index (χ2n) is 7.26. The van der Waals surface area contributed by atoms with Gasteiger partial charge in [0.05, 0.1) is 23.0 Å². The van der Waals surface area contributed by atoms with Crippen molar-refractivity contribution in [2.45, 2.75) is 32.0 Å². The number of Topliss-reactive ketones (excluding diaryl/α,β-unsaturated/α-hetero) is 1. The smallest absolute Gasteiger partial charge is 0.374 e. The predicted molar refractivity (Wildman–Crippen MR) is 117 cm³/mol. The molecule has 1 aliphatic rings. The summed E-state index contributed by atoms with van der Waals surface area (Å²) in [5.41, 5.74) is -2.69. The van der Waals surface area contributed by atoms with Gasteiger partial charge < -0.3 is 9.74 Å². The van der Waals surface area contributed by atoms with Crippen LogP contribution in [0.4, 0.5) is 18.9 Å². The molecule has 2 aromatic carbocycles. The highest BCUT2D eigenvalue weighted by Gasteiger charge is 2.62. The zero-order valence-electron chi connectivity index (χ0n) is 16.8. The summed E-state index contributed by atoms with van der Waals surface area (Å²) in [7, 11) is 0. The van der Waals surface area contributed by atoms with Crippen molar-refractivity contribution < 1.29 is 27.6 Å². The van der Waals surface area contributed by atoms with E-state index in [1.807, 2.05) is 0 Å². The van der Waals surface area contributed by atoms with E-state index in [1.165, 1.54) is 38.1 Å². The van der Waals surface area contributed by atoms with Crippen LogP contribution in [0.1, 0.15) is 31.4 Å². The van der Waals surface area contributed by atoms with Crippen LogP contribution in [-0.2, 0) is 20.0 Å². The van der Waals surface area contributed by atoms with Crippen molar-refractivity contribution in [3.63, 3.8) is 0 Å². The fraction of sp³-hybridized carbons (Fsp3) is 0.286. The number of hydrogen-bond donors (Lipinski definition) is 0. The molecule has 170 valence electrons. The Labute approximate surface area is 196 Å².